The fraction of sp³-hybridized carbons (Fsp3) is 0.588. The minimum Gasteiger partial charge on any atom is -0.371 e. The molecule has 1 heterocycles. The minimum absolute atomic E-state index is 0.110. The van der Waals surface area contributed by atoms with Gasteiger partial charge in [0.15, 0.2) is 0 Å². The highest BCUT2D eigenvalue weighted by molar-refractivity contribution is 5.78. The Bertz CT molecular complexity index is 452. The average Bonchev–Trinajstić information content (AvgIpc) is 3.00. The Kier molecular flexibility index (Phi) is 5.05. The van der Waals surface area contributed by atoms with Crippen LogP contribution in [0, 0.1) is 5.92 Å². The van der Waals surface area contributed by atoms with Gasteiger partial charge in [-0.25, -0.2) is 0 Å². The van der Waals surface area contributed by atoms with E-state index in [9.17, 15) is 4.79 Å². The third kappa shape index (κ3) is 3.33. The minimum atomic E-state index is 0.110. The molecule has 1 aliphatic heterocycles. The SMILES string of the molecule is CCC(C)C(=O)N(C)Cc1ccccc1N1CCCC1. The van der Waals surface area contributed by atoms with Gasteiger partial charge in [0.2, 0.25) is 5.91 Å². The van der Waals surface area contributed by atoms with E-state index in [2.05, 4.69) is 36.1 Å². The summed E-state index contributed by atoms with van der Waals surface area (Å²) in [5.41, 5.74) is 2.56. The molecule has 0 radical (unpaired) electrons. The van der Waals surface area contributed by atoms with Crippen LogP contribution in [0.5, 0.6) is 0 Å². The van der Waals surface area contributed by atoms with Crippen LogP contribution in [0.4, 0.5) is 5.69 Å². The van der Waals surface area contributed by atoms with Gasteiger partial charge in [-0.2, -0.15) is 0 Å². The predicted molar refractivity (Wildman–Crippen MR) is 83.8 cm³/mol. The van der Waals surface area contributed by atoms with Crippen molar-refractivity contribution < 1.29 is 4.79 Å². The molecular formula is C17H26N2O. The van der Waals surface area contributed by atoms with Crippen LogP contribution in [0.15, 0.2) is 24.3 Å². The molecule has 1 aliphatic rings. The van der Waals surface area contributed by atoms with Crippen molar-refractivity contribution in [2.24, 2.45) is 5.92 Å². The molecule has 1 aromatic rings. The highest BCUT2D eigenvalue weighted by Crippen LogP contribution is 2.25. The van der Waals surface area contributed by atoms with E-state index in [4.69, 9.17) is 0 Å². The third-order valence-corrected chi connectivity index (χ3v) is 4.26. The van der Waals surface area contributed by atoms with Crippen LogP contribution in [-0.2, 0) is 11.3 Å². The second-order valence-electron chi connectivity index (χ2n) is 5.83. The molecule has 1 unspecified atom stereocenters. The molecule has 0 spiro atoms. The second-order valence-corrected chi connectivity index (χ2v) is 5.83. The van der Waals surface area contributed by atoms with Gasteiger partial charge in [-0.1, -0.05) is 32.0 Å². The topological polar surface area (TPSA) is 23.6 Å². The van der Waals surface area contributed by atoms with Crippen molar-refractivity contribution in [2.45, 2.75) is 39.7 Å². The maximum atomic E-state index is 12.2. The molecule has 3 heteroatoms. The first-order valence-electron chi connectivity index (χ1n) is 7.71. The Balaban J connectivity index is 2.10. The molecule has 0 aliphatic carbocycles. The van der Waals surface area contributed by atoms with Crippen LogP contribution in [0.2, 0.25) is 0 Å². The molecule has 3 nitrogen and oxygen atoms in total. The number of nitrogens with zero attached hydrogens (tertiary/aromatic N) is 2. The average molecular weight is 274 g/mol. The van der Waals surface area contributed by atoms with E-state index >= 15 is 0 Å². The van der Waals surface area contributed by atoms with Crippen LogP contribution < -0.4 is 4.90 Å². The largest absolute Gasteiger partial charge is 0.371 e. The van der Waals surface area contributed by atoms with Gasteiger partial charge < -0.3 is 9.80 Å². The molecule has 1 amide bonds. The summed E-state index contributed by atoms with van der Waals surface area (Å²) in [6.45, 7) is 7.05. The summed E-state index contributed by atoms with van der Waals surface area (Å²) >= 11 is 0. The van der Waals surface area contributed by atoms with Crippen molar-refractivity contribution in [2.75, 3.05) is 25.0 Å². The maximum Gasteiger partial charge on any atom is 0.225 e. The Hall–Kier alpha value is -1.51. The number of anilines is 1. The molecule has 0 bridgehead atoms. The van der Waals surface area contributed by atoms with Crippen LogP contribution in [0.25, 0.3) is 0 Å². The Labute approximate surface area is 122 Å². The number of hydrogen-bond donors (Lipinski definition) is 0. The van der Waals surface area contributed by atoms with Gasteiger partial charge in [-0.05, 0) is 30.9 Å². The summed E-state index contributed by atoms with van der Waals surface area (Å²) in [6, 6.07) is 8.49. The van der Waals surface area contributed by atoms with E-state index in [1.54, 1.807) is 0 Å². The summed E-state index contributed by atoms with van der Waals surface area (Å²) in [4.78, 5) is 16.5. The van der Waals surface area contributed by atoms with Crippen LogP contribution in [0.1, 0.15) is 38.7 Å². The summed E-state index contributed by atoms with van der Waals surface area (Å²) < 4.78 is 0. The highest BCUT2D eigenvalue weighted by atomic mass is 16.2. The number of carbonyl (C=O) groups is 1. The zero-order chi connectivity index (χ0) is 14.5. The summed E-state index contributed by atoms with van der Waals surface area (Å²) in [5.74, 6) is 0.350. The highest BCUT2D eigenvalue weighted by Gasteiger charge is 2.19. The van der Waals surface area contributed by atoms with Crippen molar-refractivity contribution in [3.8, 4) is 0 Å². The van der Waals surface area contributed by atoms with E-state index in [-0.39, 0.29) is 11.8 Å². The van der Waals surface area contributed by atoms with Crippen molar-refractivity contribution in [1.29, 1.82) is 0 Å². The van der Waals surface area contributed by atoms with Gasteiger partial charge in [-0.15, -0.1) is 0 Å². The Morgan fingerprint density at radius 2 is 1.95 bits per heavy atom. The normalized spacial score (nSPS) is 16.2. The number of carbonyl (C=O) groups excluding carboxylic acids is 1. The fourth-order valence-electron chi connectivity index (χ4n) is 2.80. The molecule has 2 rings (SSSR count). The van der Waals surface area contributed by atoms with Gasteiger partial charge in [0, 0.05) is 38.3 Å². The van der Waals surface area contributed by atoms with Crippen molar-refractivity contribution >= 4 is 11.6 Å². The standard InChI is InChI=1S/C17H26N2O/c1-4-14(2)17(20)18(3)13-15-9-5-6-10-16(15)19-11-7-8-12-19/h5-6,9-10,14H,4,7-8,11-13H2,1-3H3. The zero-order valence-corrected chi connectivity index (χ0v) is 12.9. The smallest absolute Gasteiger partial charge is 0.225 e. The van der Waals surface area contributed by atoms with E-state index in [1.807, 2.05) is 18.9 Å². The van der Waals surface area contributed by atoms with Crippen molar-refractivity contribution in [1.82, 2.24) is 4.90 Å². The fourth-order valence-corrected chi connectivity index (χ4v) is 2.80. The van der Waals surface area contributed by atoms with E-state index in [1.165, 1.54) is 24.1 Å². The number of rotatable bonds is 5. The van der Waals surface area contributed by atoms with E-state index in [0.29, 0.717) is 6.54 Å². The van der Waals surface area contributed by atoms with Crippen LogP contribution in [-0.4, -0.2) is 30.9 Å². The summed E-state index contributed by atoms with van der Waals surface area (Å²) in [5, 5.41) is 0. The first-order valence-corrected chi connectivity index (χ1v) is 7.71. The van der Waals surface area contributed by atoms with Crippen LogP contribution in [0.3, 0.4) is 0 Å². The van der Waals surface area contributed by atoms with Gasteiger partial charge in [0.05, 0.1) is 0 Å². The Morgan fingerprint density at radius 1 is 1.30 bits per heavy atom. The quantitative estimate of drug-likeness (QED) is 0.822. The van der Waals surface area contributed by atoms with Crippen molar-refractivity contribution in [3.05, 3.63) is 29.8 Å². The molecule has 1 aromatic carbocycles. The second kappa shape index (κ2) is 6.78. The first-order chi connectivity index (χ1) is 9.63. The van der Waals surface area contributed by atoms with Crippen LogP contribution >= 0.6 is 0 Å². The van der Waals surface area contributed by atoms with Gasteiger partial charge in [-0.3, -0.25) is 4.79 Å². The number of benzene rings is 1. The molecule has 0 aromatic heterocycles. The summed E-state index contributed by atoms with van der Waals surface area (Å²) in [6.07, 6.45) is 3.45. The lowest BCUT2D eigenvalue weighted by molar-refractivity contribution is -0.134. The molecule has 20 heavy (non-hydrogen) atoms. The van der Waals surface area contributed by atoms with E-state index in [0.717, 1.165) is 19.5 Å². The van der Waals surface area contributed by atoms with Gasteiger partial charge in [0.1, 0.15) is 0 Å². The lowest BCUT2D eigenvalue weighted by atomic mass is 10.1. The van der Waals surface area contributed by atoms with Gasteiger partial charge in [0.25, 0.3) is 0 Å². The molecule has 0 saturated carbocycles. The molecule has 1 atom stereocenters. The summed E-state index contributed by atoms with van der Waals surface area (Å²) in [7, 11) is 1.91. The lowest BCUT2D eigenvalue weighted by Gasteiger charge is -2.25. The van der Waals surface area contributed by atoms with E-state index < -0.39 is 0 Å². The molecular weight excluding hydrogens is 248 g/mol. The van der Waals surface area contributed by atoms with Gasteiger partial charge >= 0.3 is 0 Å². The number of para-hydroxylation sites is 1. The number of hydrogen-bond acceptors (Lipinski definition) is 2. The monoisotopic (exact) mass is 274 g/mol. The molecule has 110 valence electrons. The predicted octanol–water partition coefficient (Wildman–Crippen LogP) is 3.29. The molecule has 1 saturated heterocycles. The molecule has 0 N–H and O–H groups in total. The van der Waals surface area contributed by atoms with Crippen molar-refractivity contribution in [3.63, 3.8) is 0 Å². The molecule has 1 fully saturated rings. The first kappa shape index (κ1) is 14.9. The Morgan fingerprint density at radius 3 is 2.60 bits per heavy atom. The maximum absolute atomic E-state index is 12.2. The third-order valence-electron chi connectivity index (χ3n) is 4.26. The zero-order valence-electron chi connectivity index (χ0n) is 12.9. The number of amides is 1. The lowest BCUT2D eigenvalue weighted by Crippen LogP contribution is -2.31.